The SMILES string of the molecule is Nc1cc2c(cn1)[nH]c1ncc(-c3cccc(C(F)(F)F)c3)cc12. The maximum Gasteiger partial charge on any atom is 0.416 e. The van der Waals surface area contributed by atoms with E-state index in [4.69, 9.17) is 5.73 Å². The van der Waals surface area contributed by atoms with E-state index in [0.29, 0.717) is 22.6 Å². The number of aromatic amines is 1. The Balaban J connectivity index is 1.91. The number of hydrogen-bond acceptors (Lipinski definition) is 3. The predicted molar refractivity (Wildman–Crippen MR) is 86.2 cm³/mol. The minimum Gasteiger partial charge on any atom is -0.384 e. The van der Waals surface area contributed by atoms with Crippen molar-refractivity contribution in [1.29, 1.82) is 0 Å². The van der Waals surface area contributed by atoms with E-state index in [1.165, 1.54) is 6.07 Å². The third-order valence-electron chi connectivity index (χ3n) is 3.88. The van der Waals surface area contributed by atoms with Crippen LogP contribution in [0, 0.1) is 0 Å². The lowest BCUT2D eigenvalue weighted by Crippen LogP contribution is -2.04. The van der Waals surface area contributed by atoms with Crippen LogP contribution < -0.4 is 5.73 Å². The van der Waals surface area contributed by atoms with Gasteiger partial charge in [-0.2, -0.15) is 13.2 Å². The summed E-state index contributed by atoms with van der Waals surface area (Å²) in [5, 5.41) is 1.62. The van der Waals surface area contributed by atoms with Crippen molar-refractivity contribution in [2.75, 3.05) is 5.73 Å². The number of H-pyrrole nitrogens is 1. The topological polar surface area (TPSA) is 67.6 Å². The predicted octanol–water partition coefficient (Wildman–Crippen LogP) is 4.38. The molecular formula is C17H11F3N4. The van der Waals surface area contributed by atoms with Crippen LogP contribution in [0.15, 0.2) is 48.8 Å². The fourth-order valence-electron chi connectivity index (χ4n) is 2.72. The van der Waals surface area contributed by atoms with Gasteiger partial charge in [0.1, 0.15) is 11.5 Å². The van der Waals surface area contributed by atoms with Gasteiger partial charge >= 0.3 is 6.18 Å². The van der Waals surface area contributed by atoms with Gasteiger partial charge in [-0.1, -0.05) is 12.1 Å². The van der Waals surface area contributed by atoms with Crippen LogP contribution >= 0.6 is 0 Å². The first-order chi connectivity index (χ1) is 11.4. The van der Waals surface area contributed by atoms with Crippen molar-refractivity contribution in [2.24, 2.45) is 0 Å². The second-order valence-corrected chi connectivity index (χ2v) is 5.48. The number of hydrogen-bond donors (Lipinski definition) is 2. The van der Waals surface area contributed by atoms with Crippen molar-refractivity contribution in [1.82, 2.24) is 15.0 Å². The highest BCUT2D eigenvalue weighted by Crippen LogP contribution is 2.33. The van der Waals surface area contributed by atoms with Crippen LogP contribution in [-0.4, -0.2) is 15.0 Å². The Bertz CT molecular complexity index is 1070. The Labute approximate surface area is 134 Å². The van der Waals surface area contributed by atoms with Crippen LogP contribution in [0.2, 0.25) is 0 Å². The van der Waals surface area contributed by atoms with Gasteiger partial charge in [0.2, 0.25) is 0 Å². The summed E-state index contributed by atoms with van der Waals surface area (Å²) in [4.78, 5) is 11.4. The number of halogens is 3. The van der Waals surface area contributed by atoms with Crippen molar-refractivity contribution in [3.8, 4) is 11.1 Å². The van der Waals surface area contributed by atoms with E-state index in [1.54, 1.807) is 30.6 Å². The molecule has 0 aliphatic heterocycles. The summed E-state index contributed by atoms with van der Waals surface area (Å²) < 4.78 is 38.7. The van der Waals surface area contributed by atoms with Crippen molar-refractivity contribution in [3.05, 3.63) is 54.4 Å². The molecule has 0 radical (unpaired) electrons. The molecule has 3 heterocycles. The maximum atomic E-state index is 12.9. The van der Waals surface area contributed by atoms with Gasteiger partial charge in [0.05, 0.1) is 17.3 Å². The van der Waals surface area contributed by atoms with E-state index >= 15 is 0 Å². The van der Waals surface area contributed by atoms with Crippen molar-refractivity contribution >= 4 is 27.8 Å². The lowest BCUT2D eigenvalue weighted by atomic mass is 10.0. The number of anilines is 1. The van der Waals surface area contributed by atoms with Crippen molar-refractivity contribution < 1.29 is 13.2 Å². The molecule has 0 spiro atoms. The van der Waals surface area contributed by atoms with Crippen LogP contribution in [0.1, 0.15) is 5.56 Å². The van der Waals surface area contributed by atoms with E-state index in [1.807, 2.05) is 0 Å². The Hall–Kier alpha value is -3.09. The average molecular weight is 328 g/mol. The summed E-state index contributed by atoms with van der Waals surface area (Å²) in [5.41, 5.74) is 7.49. The standard InChI is InChI=1S/C17H11F3N4/c18-17(19,20)11-3-1-2-9(4-11)10-5-13-12-6-15(21)22-8-14(12)24-16(13)23-7-10/h1-8H,(H2,21,22)(H,23,24). The second-order valence-electron chi connectivity index (χ2n) is 5.48. The molecule has 3 N–H and O–H groups in total. The van der Waals surface area contributed by atoms with E-state index < -0.39 is 11.7 Å². The number of nitrogens with two attached hydrogens (primary N) is 1. The van der Waals surface area contributed by atoms with Crippen LogP contribution in [0.3, 0.4) is 0 Å². The molecule has 7 heteroatoms. The molecule has 0 amide bonds. The number of rotatable bonds is 1. The van der Waals surface area contributed by atoms with Gasteiger partial charge in [-0.25, -0.2) is 9.97 Å². The summed E-state index contributed by atoms with van der Waals surface area (Å²) in [6, 6.07) is 8.70. The average Bonchev–Trinajstić information content (AvgIpc) is 2.91. The number of aromatic nitrogens is 3. The Kier molecular flexibility index (Phi) is 2.99. The Morgan fingerprint density at radius 3 is 2.54 bits per heavy atom. The van der Waals surface area contributed by atoms with Crippen LogP contribution in [-0.2, 0) is 6.18 Å². The summed E-state index contributed by atoms with van der Waals surface area (Å²) in [5.74, 6) is 0.368. The van der Waals surface area contributed by atoms with Gasteiger partial charge in [-0.3, -0.25) is 0 Å². The lowest BCUT2D eigenvalue weighted by molar-refractivity contribution is -0.137. The van der Waals surface area contributed by atoms with Crippen molar-refractivity contribution in [3.63, 3.8) is 0 Å². The Morgan fingerprint density at radius 1 is 0.917 bits per heavy atom. The van der Waals surface area contributed by atoms with E-state index in [0.717, 1.165) is 28.4 Å². The first-order valence-corrected chi connectivity index (χ1v) is 7.12. The number of fused-ring (bicyclic) bond motifs is 3. The number of benzene rings is 1. The maximum absolute atomic E-state index is 12.9. The van der Waals surface area contributed by atoms with E-state index in [9.17, 15) is 13.2 Å². The first-order valence-electron chi connectivity index (χ1n) is 7.12. The molecular weight excluding hydrogens is 317 g/mol. The van der Waals surface area contributed by atoms with Gasteiger partial charge in [0.25, 0.3) is 0 Å². The molecule has 0 atom stereocenters. The zero-order valence-corrected chi connectivity index (χ0v) is 12.2. The lowest BCUT2D eigenvalue weighted by Gasteiger charge is -2.08. The monoisotopic (exact) mass is 328 g/mol. The number of pyridine rings is 2. The Morgan fingerprint density at radius 2 is 1.75 bits per heavy atom. The quantitative estimate of drug-likeness (QED) is 0.545. The third-order valence-corrected chi connectivity index (χ3v) is 3.88. The number of nitrogens with one attached hydrogen (secondary N) is 1. The molecule has 4 rings (SSSR count). The number of nitrogen functional groups attached to an aromatic ring is 1. The van der Waals surface area contributed by atoms with Crippen LogP contribution in [0.25, 0.3) is 33.1 Å². The molecule has 3 aromatic heterocycles. The summed E-state index contributed by atoms with van der Waals surface area (Å²) in [6.45, 7) is 0. The van der Waals surface area contributed by atoms with Crippen molar-refractivity contribution in [2.45, 2.75) is 6.18 Å². The molecule has 120 valence electrons. The fourth-order valence-corrected chi connectivity index (χ4v) is 2.72. The summed E-state index contributed by atoms with van der Waals surface area (Å²) >= 11 is 0. The molecule has 1 aromatic carbocycles. The molecule has 0 saturated heterocycles. The molecule has 4 nitrogen and oxygen atoms in total. The fraction of sp³-hybridized carbons (Fsp3) is 0.0588. The third kappa shape index (κ3) is 2.34. The van der Waals surface area contributed by atoms with Crippen LogP contribution in [0.4, 0.5) is 19.0 Å². The molecule has 0 aliphatic carbocycles. The molecule has 0 aliphatic rings. The zero-order valence-electron chi connectivity index (χ0n) is 12.2. The minimum atomic E-state index is -4.38. The molecule has 4 aromatic rings. The highest BCUT2D eigenvalue weighted by molar-refractivity contribution is 6.07. The van der Waals surface area contributed by atoms with E-state index in [2.05, 4.69) is 15.0 Å². The second kappa shape index (κ2) is 4.95. The number of alkyl halides is 3. The van der Waals surface area contributed by atoms with Gasteiger partial charge in [0, 0.05) is 22.5 Å². The number of nitrogens with zero attached hydrogens (tertiary/aromatic N) is 2. The van der Waals surface area contributed by atoms with Gasteiger partial charge in [-0.15, -0.1) is 0 Å². The summed E-state index contributed by atoms with van der Waals surface area (Å²) in [7, 11) is 0. The highest BCUT2D eigenvalue weighted by atomic mass is 19.4. The van der Waals surface area contributed by atoms with Gasteiger partial charge in [0.15, 0.2) is 0 Å². The summed E-state index contributed by atoms with van der Waals surface area (Å²) in [6.07, 6.45) is -1.23. The molecule has 0 unspecified atom stereocenters. The van der Waals surface area contributed by atoms with Gasteiger partial charge in [-0.05, 0) is 29.8 Å². The normalized spacial score (nSPS) is 12.1. The largest absolute Gasteiger partial charge is 0.416 e. The van der Waals surface area contributed by atoms with Gasteiger partial charge < -0.3 is 10.7 Å². The molecule has 24 heavy (non-hydrogen) atoms. The highest BCUT2D eigenvalue weighted by Gasteiger charge is 2.30. The zero-order chi connectivity index (χ0) is 16.9. The smallest absolute Gasteiger partial charge is 0.384 e. The molecule has 0 fully saturated rings. The van der Waals surface area contributed by atoms with E-state index in [-0.39, 0.29) is 0 Å². The van der Waals surface area contributed by atoms with Crippen LogP contribution in [0.5, 0.6) is 0 Å². The first kappa shape index (κ1) is 14.5. The molecule has 0 bridgehead atoms. The molecule has 0 saturated carbocycles. The minimum absolute atomic E-state index is 0.368.